The summed E-state index contributed by atoms with van der Waals surface area (Å²) in [6.45, 7) is 5.50. The Balaban J connectivity index is 1.94. The van der Waals surface area contributed by atoms with Crippen LogP contribution in [0.25, 0.3) is 0 Å². The summed E-state index contributed by atoms with van der Waals surface area (Å²) in [7, 11) is 0. The molecule has 1 aliphatic heterocycles. The predicted octanol–water partition coefficient (Wildman–Crippen LogP) is 0.924. The van der Waals surface area contributed by atoms with E-state index >= 15 is 0 Å². The van der Waals surface area contributed by atoms with Gasteiger partial charge >= 0.3 is 0 Å². The summed E-state index contributed by atoms with van der Waals surface area (Å²) in [5.41, 5.74) is 5.54. The van der Waals surface area contributed by atoms with Gasteiger partial charge < -0.3 is 11.1 Å². The van der Waals surface area contributed by atoms with Crippen LogP contribution in [0, 0.1) is 11.8 Å². The van der Waals surface area contributed by atoms with Gasteiger partial charge in [0.1, 0.15) is 0 Å². The highest BCUT2D eigenvalue weighted by atomic mass is 32.2. The molecular formula is C9H20N2S. The molecular weight excluding hydrogens is 168 g/mol. The fourth-order valence-electron chi connectivity index (χ4n) is 1.36. The second-order valence-electron chi connectivity index (χ2n) is 3.74. The van der Waals surface area contributed by atoms with Gasteiger partial charge in [-0.1, -0.05) is 6.92 Å². The molecule has 3 heteroatoms. The summed E-state index contributed by atoms with van der Waals surface area (Å²) in [5.74, 6) is 4.15. The lowest BCUT2D eigenvalue weighted by molar-refractivity contribution is 0.651. The Labute approximate surface area is 79.7 Å². The zero-order valence-corrected chi connectivity index (χ0v) is 8.70. The van der Waals surface area contributed by atoms with Crippen LogP contribution in [0.15, 0.2) is 0 Å². The van der Waals surface area contributed by atoms with Gasteiger partial charge in [0.25, 0.3) is 0 Å². The Morgan fingerprint density at radius 3 is 3.08 bits per heavy atom. The quantitative estimate of drug-likeness (QED) is 0.674. The summed E-state index contributed by atoms with van der Waals surface area (Å²) >= 11 is 2.06. The molecule has 12 heavy (non-hydrogen) atoms. The van der Waals surface area contributed by atoms with E-state index in [-0.39, 0.29) is 0 Å². The van der Waals surface area contributed by atoms with Crippen LogP contribution in [0.3, 0.4) is 0 Å². The van der Waals surface area contributed by atoms with Crippen molar-refractivity contribution >= 4 is 11.8 Å². The van der Waals surface area contributed by atoms with E-state index < -0.39 is 0 Å². The van der Waals surface area contributed by atoms with Gasteiger partial charge in [-0.05, 0) is 49.4 Å². The lowest BCUT2D eigenvalue weighted by Gasteiger charge is -2.10. The van der Waals surface area contributed by atoms with Crippen LogP contribution < -0.4 is 11.1 Å². The molecule has 0 aromatic rings. The fraction of sp³-hybridized carbons (Fsp3) is 1.00. The van der Waals surface area contributed by atoms with Crippen LogP contribution in [-0.2, 0) is 0 Å². The van der Waals surface area contributed by atoms with Crippen LogP contribution in [0.2, 0.25) is 0 Å². The van der Waals surface area contributed by atoms with Crippen molar-refractivity contribution in [2.45, 2.75) is 13.3 Å². The zero-order chi connectivity index (χ0) is 8.81. The molecule has 0 amide bonds. The number of hydrogen-bond acceptors (Lipinski definition) is 3. The Kier molecular flexibility index (Phi) is 5.04. The lowest BCUT2D eigenvalue weighted by Crippen LogP contribution is -2.15. The third-order valence-electron chi connectivity index (χ3n) is 2.32. The van der Waals surface area contributed by atoms with Crippen LogP contribution in [0.5, 0.6) is 0 Å². The lowest BCUT2D eigenvalue weighted by atomic mass is 10.2. The topological polar surface area (TPSA) is 38.0 Å². The van der Waals surface area contributed by atoms with Crippen LogP contribution >= 0.6 is 11.8 Å². The molecule has 1 heterocycles. The molecule has 1 fully saturated rings. The molecule has 0 saturated carbocycles. The van der Waals surface area contributed by atoms with Gasteiger partial charge in [0, 0.05) is 0 Å². The number of nitrogens with two attached hydrogens (primary N) is 1. The molecule has 0 bridgehead atoms. The minimum atomic E-state index is 0.685. The van der Waals surface area contributed by atoms with Gasteiger partial charge in [0.05, 0.1) is 0 Å². The first-order valence-corrected chi connectivity index (χ1v) is 5.97. The maximum absolute atomic E-state index is 5.54. The standard InChI is InChI=1S/C9H20N2S/c1-8(4-10)6-12-7-9-2-3-11-5-9/h8-9,11H,2-7,10H2,1H3. The molecule has 2 atom stereocenters. The molecule has 0 spiro atoms. The summed E-state index contributed by atoms with van der Waals surface area (Å²) in [6, 6.07) is 0. The molecule has 0 radical (unpaired) electrons. The molecule has 72 valence electrons. The van der Waals surface area contributed by atoms with Gasteiger partial charge in [0.2, 0.25) is 0 Å². The van der Waals surface area contributed by atoms with E-state index in [0.717, 1.165) is 12.5 Å². The van der Waals surface area contributed by atoms with E-state index in [0.29, 0.717) is 5.92 Å². The summed E-state index contributed by atoms with van der Waals surface area (Å²) in [6.07, 6.45) is 1.37. The van der Waals surface area contributed by atoms with Crippen LogP contribution in [0.4, 0.5) is 0 Å². The average Bonchev–Trinajstić information content (AvgIpc) is 2.57. The summed E-state index contributed by atoms with van der Waals surface area (Å²) in [5, 5.41) is 3.39. The third-order valence-corrected chi connectivity index (χ3v) is 3.83. The Hall–Kier alpha value is 0.270. The Morgan fingerprint density at radius 1 is 1.67 bits per heavy atom. The summed E-state index contributed by atoms with van der Waals surface area (Å²) < 4.78 is 0. The van der Waals surface area contributed by atoms with E-state index in [1.54, 1.807) is 0 Å². The number of thioether (sulfide) groups is 1. The van der Waals surface area contributed by atoms with Gasteiger partial charge in [-0.2, -0.15) is 11.8 Å². The normalized spacial score (nSPS) is 26.0. The third kappa shape index (κ3) is 3.78. The Morgan fingerprint density at radius 2 is 2.50 bits per heavy atom. The highest BCUT2D eigenvalue weighted by Gasteiger charge is 2.14. The number of rotatable bonds is 5. The van der Waals surface area contributed by atoms with Gasteiger partial charge in [-0.15, -0.1) is 0 Å². The maximum Gasteiger partial charge on any atom is -0.00121 e. The highest BCUT2D eigenvalue weighted by molar-refractivity contribution is 7.99. The zero-order valence-electron chi connectivity index (χ0n) is 7.88. The molecule has 1 saturated heterocycles. The van der Waals surface area contributed by atoms with Crippen molar-refractivity contribution in [3.8, 4) is 0 Å². The number of hydrogen-bond donors (Lipinski definition) is 2. The van der Waals surface area contributed by atoms with Crippen molar-refractivity contribution in [1.29, 1.82) is 0 Å². The molecule has 3 N–H and O–H groups in total. The highest BCUT2D eigenvalue weighted by Crippen LogP contribution is 2.16. The SMILES string of the molecule is CC(CN)CSCC1CCNC1. The minimum absolute atomic E-state index is 0.685. The van der Waals surface area contributed by atoms with Crippen molar-refractivity contribution in [2.24, 2.45) is 17.6 Å². The molecule has 0 aromatic heterocycles. The molecule has 0 aliphatic carbocycles. The average molecular weight is 188 g/mol. The largest absolute Gasteiger partial charge is 0.330 e. The first-order valence-electron chi connectivity index (χ1n) is 4.81. The van der Waals surface area contributed by atoms with E-state index in [1.165, 1.54) is 31.0 Å². The molecule has 2 unspecified atom stereocenters. The first kappa shape index (κ1) is 10.4. The van der Waals surface area contributed by atoms with E-state index in [9.17, 15) is 0 Å². The van der Waals surface area contributed by atoms with E-state index in [2.05, 4.69) is 24.0 Å². The van der Waals surface area contributed by atoms with Crippen molar-refractivity contribution in [1.82, 2.24) is 5.32 Å². The fourth-order valence-corrected chi connectivity index (χ4v) is 2.65. The smallest absolute Gasteiger partial charge is 0.00121 e. The maximum atomic E-state index is 5.54. The van der Waals surface area contributed by atoms with Gasteiger partial charge in [0.15, 0.2) is 0 Å². The molecule has 1 aliphatic rings. The Bertz CT molecular complexity index is 113. The predicted molar refractivity (Wildman–Crippen MR) is 56.5 cm³/mol. The van der Waals surface area contributed by atoms with Crippen molar-refractivity contribution in [3.05, 3.63) is 0 Å². The molecule has 1 rings (SSSR count). The first-order chi connectivity index (χ1) is 5.83. The van der Waals surface area contributed by atoms with Crippen molar-refractivity contribution in [2.75, 3.05) is 31.1 Å². The van der Waals surface area contributed by atoms with E-state index in [1.807, 2.05) is 0 Å². The van der Waals surface area contributed by atoms with Gasteiger partial charge in [-0.3, -0.25) is 0 Å². The second-order valence-corrected chi connectivity index (χ2v) is 4.81. The van der Waals surface area contributed by atoms with Crippen LogP contribution in [-0.4, -0.2) is 31.1 Å². The molecule has 0 aromatic carbocycles. The summed E-state index contributed by atoms with van der Waals surface area (Å²) in [4.78, 5) is 0. The van der Waals surface area contributed by atoms with Crippen molar-refractivity contribution in [3.63, 3.8) is 0 Å². The number of nitrogens with one attached hydrogen (secondary N) is 1. The van der Waals surface area contributed by atoms with Crippen LogP contribution in [0.1, 0.15) is 13.3 Å². The molecule has 2 nitrogen and oxygen atoms in total. The van der Waals surface area contributed by atoms with Gasteiger partial charge in [-0.25, -0.2) is 0 Å². The monoisotopic (exact) mass is 188 g/mol. The van der Waals surface area contributed by atoms with E-state index in [4.69, 9.17) is 5.73 Å². The van der Waals surface area contributed by atoms with Crippen molar-refractivity contribution < 1.29 is 0 Å². The minimum Gasteiger partial charge on any atom is -0.330 e. The second kappa shape index (κ2) is 5.84.